The maximum atomic E-state index is 12.7. The van der Waals surface area contributed by atoms with E-state index in [2.05, 4.69) is 10.2 Å². The molecule has 0 fully saturated rings. The lowest BCUT2D eigenvalue weighted by molar-refractivity contribution is -0.121. The molecule has 6 nitrogen and oxygen atoms in total. The Labute approximate surface area is 206 Å². The van der Waals surface area contributed by atoms with Gasteiger partial charge in [0.05, 0.1) is 13.2 Å². The molecular weight excluding hydrogens is 438 g/mol. The van der Waals surface area contributed by atoms with Crippen molar-refractivity contribution in [2.24, 2.45) is 0 Å². The van der Waals surface area contributed by atoms with Crippen LogP contribution < -0.4 is 10.1 Å². The molecule has 0 saturated heterocycles. The summed E-state index contributed by atoms with van der Waals surface area (Å²) < 4.78 is 11.4. The van der Waals surface area contributed by atoms with Gasteiger partial charge in [0.15, 0.2) is 11.7 Å². The molecule has 180 valence electrons. The second kappa shape index (κ2) is 11.5. The summed E-state index contributed by atoms with van der Waals surface area (Å²) in [4.78, 5) is 19.5. The number of hydrogen-bond acceptors (Lipinski definition) is 5. The number of ether oxygens (including phenoxy) is 1. The molecule has 0 bridgehead atoms. The fourth-order valence-electron chi connectivity index (χ4n) is 3.99. The van der Waals surface area contributed by atoms with Crippen molar-refractivity contribution in [2.75, 3.05) is 27.7 Å². The number of methoxy groups -OCH3 is 1. The van der Waals surface area contributed by atoms with E-state index in [1.165, 1.54) is 0 Å². The van der Waals surface area contributed by atoms with E-state index in [4.69, 9.17) is 14.1 Å². The average molecular weight is 470 g/mol. The van der Waals surface area contributed by atoms with Crippen molar-refractivity contribution >= 4 is 5.91 Å². The van der Waals surface area contributed by atoms with Crippen LogP contribution in [0.15, 0.2) is 89.3 Å². The first-order valence-electron chi connectivity index (χ1n) is 11.7. The van der Waals surface area contributed by atoms with E-state index in [1.807, 2.05) is 99.0 Å². The van der Waals surface area contributed by atoms with Gasteiger partial charge < -0.3 is 19.4 Å². The molecule has 6 heteroatoms. The lowest BCUT2D eigenvalue weighted by Gasteiger charge is -2.25. The Morgan fingerprint density at radius 3 is 2.17 bits per heavy atom. The second-order valence-electron chi connectivity index (χ2n) is 8.57. The number of oxazole rings is 1. The number of likely N-dealkylation sites (N-methyl/N-ethyl adjacent to an activating group) is 1. The average Bonchev–Trinajstić information content (AvgIpc) is 3.33. The third kappa shape index (κ3) is 6.16. The first-order valence-corrected chi connectivity index (χ1v) is 11.7. The molecule has 1 N–H and O–H groups in total. The monoisotopic (exact) mass is 469 g/mol. The van der Waals surface area contributed by atoms with Crippen LogP contribution in [0.3, 0.4) is 0 Å². The molecule has 0 radical (unpaired) electrons. The summed E-state index contributed by atoms with van der Waals surface area (Å²) in [6.45, 7) is 0.508. The Morgan fingerprint density at radius 2 is 1.57 bits per heavy atom. The van der Waals surface area contributed by atoms with Crippen LogP contribution in [-0.4, -0.2) is 43.5 Å². The first kappa shape index (κ1) is 24.2. The number of benzene rings is 3. The van der Waals surface area contributed by atoms with Gasteiger partial charge in [0.1, 0.15) is 11.4 Å². The van der Waals surface area contributed by atoms with E-state index < -0.39 is 0 Å². The van der Waals surface area contributed by atoms with Crippen LogP contribution in [0.4, 0.5) is 0 Å². The summed E-state index contributed by atoms with van der Waals surface area (Å²) >= 11 is 0. The summed E-state index contributed by atoms with van der Waals surface area (Å²) in [7, 11) is 5.66. The van der Waals surface area contributed by atoms with Gasteiger partial charge >= 0.3 is 0 Å². The summed E-state index contributed by atoms with van der Waals surface area (Å²) in [5, 5.41) is 3.06. The number of amides is 1. The van der Waals surface area contributed by atoms with Gasteiger partial charge in [0.2, 0.25) is 5.91 Å². The van der Waals surface area contributed by atoms with Gasteiger partial charge in [-0.3, -0.25) is 4.79 Å². The maximum Gasteiger partial charge on any atom is 0.220 e. The fourth-order valence-corrected chi connectivity index (χ4v) is 3.99. The van der Waals surface area contributed by atoms with Crippen molar-refractivity contribution in [3.05, 3.63) is 96.4 Å². The molecule has 1 aromatic heterocycles. The van der Waals surface area contributed by atoms with Crippen LogP contribution in [0.2, 0.25) is 0 Å². The predicted molar refractivity (Wildman–Crippen MR) is 138 cm³/mol. The molecule has 4 aromatic rings. The van der Waals surface area contributed by atoms with Crippen molar-refractivity contribution in [1.29, 1.82) is 0 Å². The summed E-state index contributed by atoms with van der Waals surface area (Å²) in [5.41, 5.74) is 3.85. The Hall–Kier alpha value is -3.90. The third-order valence-electron chi connectivity index (χ3n) is 5.94. The highest BCUT2D eigenvalue weighted by Crippen LogP contribution is 2.32. The summed E-state index contributed by atoms with van der Waals surface area (Å²) in [6, 6.07) is 27.9. The quantitative estimate of drug-likeness (QED) is 0.338. The van der Waals surface area contributed by atoms with Crippen LogP contribution in [-0.2, 0) is 11.2 Å². The Balaban J connectivity index is 1.42. The maximum absolute atomic E-state index is 12.7. The minimum Gasteiger partial charge on any atom is -0.497 e. The highest BCUT2D eigenvalue weighted by Gasteiger charge is 2.19. The van der Waals surface area contributed by atoms with Crippen molar-refractivity contribution in [2.45, 2.75) is 18.9 Å². The first-order chi connectivity index (χ1) is 17.0. The van der Waals surface area contributed by atoms with Crippen molar-refractivity contribution in [3.8, 4) is 28.3 Å². The van der Waals surface area contributed by atoms with Gasteiger partial charge in [-0.05, 0) is 31.8 Å². The van der Waals surface area contributed by atoms with Gasteiger partial charge in [-0.1, -0.05) is 72.8 Å². The number of rotatable bonds is 10. The third-order valence-corrected chi connectivity index (χ3v) is 5.94. The molecule has 0 saturated carbocycles. The molecule has 35 heavy (non-hydrogen) atoms. The molecule has 1 unspecified atom stereocenters. The zero-order valence-corrected chi connectivity index (χ0v) is 20.4. The molecule has 1 heterocycles. The summed E-state index contributed by atoms with van der Waals surface area (Å²) in [6.07, 6.45) is 0.722. The molecule has 0 aliphatic heterocycles. The summed E-state index contributed by atoms with van der Waals surface area (Å²) in [5.74, 6) is 2.05. The molecule has 1 amide bonds. The smallest absolute Gasteiger partial charge is 0.220 e. The molecule has 3 aromatic carbocycles. The fraction of sp³-hybridized carbons (Fsp3) is 0.241. The Kier molecular flexibility index (Phi) is 7.95. The van der Waals surface area contributed by atoms with E-state index in [0.29, 0.717) is 25.3 Å². The van der Waals surface area contributed by atoms with E-state index >= 15 is 0 Å². The normalized spacial score (nSPS) is 11.9. The van der Waals surface area contributed by atoms with Crippen molar-refractivity contribution in [3.63, 3.8) is 0 Å². The number of aromatic nitrogens is 1. The minimum absolute atomic E-state index is 0.0360. The molecule has 0 aliphatic rings. The highest BCUT2D eigenvalue weighted by molar-refractivity contribution is 5.78. The SMILES string of the molecule is COc1ccc(C(CNC(=O)CCc2nc(-c3ccccc3)c(-c3ccccc3)o2)N(C)C)cc1. The van der Waals surface area contributed by atoms with Crippen LogP contribution in [0, 0.1) is 0 Å². The largest absolute Gasteiger partial charge is 0.497 e. The number of aryl methyl sites for hydroxylation is 1. The predicted octanol–water partition coefficient (Wildman–Crippen LogP) is 5.37. The lowest BCUT2D eigenvalue weighted by atomic mass is 10.1. The van der Waals surface area contributed by atoms with Crippen LogP contribution >= 0.6 is 0 Å². The van der Waals surface area contributed by atoms with Crippen molar-refractivity contribution in [1.82, 2.24) is 15.2 Å². The number of nitrogens with one attached hydrogen (secondary N) is 1. The van der Waals surface area contributed by atoms with Gasteiger partial charge in [-0.15, -0.1) is 0 Å². The Morgan fingerprint density at radius 1 is 0.943 bits per heavy atom. The minimum atomic E-state index is -0.0360. The highest BCUT2D eigenvalue weighted by atomic mass is 16.5. The van der Waals surface area contributed by atoms with Gasteiger partial charge in [0.25, 0.3) is 0 Å². The van der Waals surface area contributed by atoms with Crippen molar-refractivity contribution < 1.29 is 13.9 Å². The molecular formula is C29H31N3O3. The molecule has 4 rings (SSSR count). The second-order valence-corrected chi connectivity index (χ2v) is 8.57. The topological polar surface area (TPSA) is 67.6 Å². The van der Waals surface area contributed by atoms with Crippen LogP contribution in [0.1, 0.15) is 23.9 Å². The number of nitrogens with zero attached hydrogens (tertiary/aromatic N) is 2. The Bertz CT molecular complexity index is 1160. The van der Waals surface area contributed by atoms with Gasteiger partial charge in [0, 0.05) is 30.5 Å². The molecule has 0 aliphatic carbocycles. The zero-order valence-electron chi connectivity index (χ0n) is 20.4. The molecule has 1 atom stereocenters. The molecule has 0 spiro atoms. The van der Waals surface area contributed by atoms with Crippen LogP contribution in [0.25, 0.3) is 22.6 Å². The van der Waals surface area contributed by atoms with E-state index in [9.17, 15) is 4.79 Å². The standard InChI is InChI=1S/C29H31N3O3/c1-32(2)25(21-14-16-24(34-3)17-15-21)20-30-26(33)18-19-27-31-28(22-10-6-4-7-11-22)29(35-27)23-12-8-5-9-13-23/h4-17,25H,18-20H2,1-3H3,(H,30,33). The van der Waals surface area contributed by atoms with Gasteiger partial charge in [-0.2, -0.15) is 0 Å². The van der Waals surface area contributed by atoms with E-state index in [0.717, 1.165) is 33.9 Å². The number of carbonyl (C=O) groups is 1. The van der Waals surface area contributed by atoms with E-state index in [-0.39, 0.29) is 11.9 Å². The van der Waals surface area contributed by atoms with Crippen LogP contribution in [0.5, 0.6) is 5.75 Å². The van der Waals surface area contributed by atoms with Gasteiger partial charge in [-0.25, -0.2) is 4.98 Å². The number of carbonyl (C=O) groups excluding carboxylic acids is 1. The lowest BCUT2D eigenvalue weighted by Crippen LogP contribution is -2.34. The number of hydrogen-bond donors (Lipinski definition) is 1. The zero-order chi connectivity index (χ0) is 24.6. The van der Waals surface area contributed by atoms with E-state index in [1.54, 1.807) is 7.11 Å².